The number of carbonyl (C=O) groups excluding carboxylic acids is 1. The van der Waals surface area contributed by atoms with E-state index in [1.807, 2.05) is 12.3 Å². The predicted molar refractivity (Wildman–Crippen MR) is 68.4 cm³/mol. The van der Waals surface area contributed by atoms with Crippen LogP contribution in [0.25, 0.3) is 10.9 Å². The summed E-state index contributed by atoms with van der Waals surface area (Å²) in [6.45, 7) is 0. The Morgan fingerprint density at radius 1 is 1.56 bits per heavy atom. The smallest absolute Gasteiger partial charge is 0.217 e. The number of fused-ring (bicyclic) bond motifs is 1. The Hall–Kier alpha value is -0.840. The minimum atomic E-state index is -0.607. The average molecular weight is 301 g/mol. The van der Waals surface area contributed by atoms with Crippen molar-refractivity contribution < 1.29 is 4.79 Å². The Morgan fingerprint density at radius 3 is 3.00 bits per heavy atom. The Kier molecular flexibility index (Phi) is 3.33. The van der Waals surface area contributed by atoms with Crippen molar-refractivity contribution in [1.82, 2.24) is 4.98 Å². The van der Waals surface area contributed by atoms with Crippen molar-refractivity contribution in [3.63, 3.8) is 0 Å². The van der Waals surface area contributed by atoms with Crippen LogP contribution in [0.2, 0.25) is 5.02 Å². The second kappa shape index (κ2) is 4.57. The second-order valence-electron chi connectivity index (χ2n) is 3.52. The van der Waals surface area contributed by atoms with Gasteiger partial charge in [-0.15, -0.1) is 0 Å². The zero-order valence-electron chi connectivity index (χ0n) is 8.26. The maximum Gasteiger partial charge on any atom is 0.217 e. The van der Waals surface area contributed by atoms with E-state index in [1.165, 1.54) is 0 Å². The normalized spacial score (nSPS) is 12.9. The standard InChI is InChI=1S/C11H9BrClN2O/c12-8-1-2-9(13)11-10(8)6(4-15-11)3-7(14)5-16/h1-2,4,7,15H,3,14H2/t7-/m0/s1. The van der Waals surface area contributed by atoms with Gasteiger partial charge in [0.2, 0.25) is 6.29 Å². The van der Waals surface area contributed by atoms with Crippen LogP contribution in [-0.4, -0.2) is 17.3 Å². The SMILES string of the molecule is N[C@H]([C]=O)Cc1c[nH]c2c(Cl)ccc(Br)c12. The molecule has 0 aliphatic carbocycles. The molecule has 0 bridgehead atoms. The molecule has 0 aliphatic rings. The minimum Gasteiger partial charge on any atom is -0.360 e. The predicted octanol–water partition coefficient (Wildman–Crippen LogP) is 2.56. The zero-order valence-corrected chi connectivity index (χ0v) is 10.6. The summed E-state index contributed by atoms with van der Waals surface area (Å²) in [6, 6.07) is 3.07. The number of nitrogens with one attached hydrogen (secondary N) is 1. The molecule has 1 atom stereocenters. The third kappa shape index (κ3) is 2.00. The Morgan fingerprint density at radius 2 is 2.31 bits per heavy atom. The van der Waals surface area contributed by atoms with Gasteiger partial charge in [-0.05, 0) is 24.1 Å². The van der Waals surface area contributed by atoms with Gasteiger partial charge in [0.1, 0.15) is 0 Å². The van der Waals surface area contributed by atoms with Gasteiger partial charge >= 0.3 is 0 Å². The highest BCUT2D eigenvalue weighted by Crippen LogP contribution is 2.32. The van der Waals surface area contributed by atoms with Gasteiger partial charge in [-0.2, -0.15) is 0 Å². The average Bonchev–Trinajstić information content (AvgIpc) is 2.68. The van der Waals surface area contributed by atoms with E-state index in [9.17, 15) is 4.79 Å². The molecule has 0 spiro atoms. The van der Waals surface area contributed by atoms with Gasteiger partial charge < -0.3 is 10.7 Å². The molecule has 0 amide bonds. The largest absolute Gasteiger partial charge is 0.360 e. The van der Waals surface area contributed by atoms with Crippen LogP contribution in [0.5, 0.6) is 0 Å². The molecule has 0 fully saturated rings. The first kappa shape index (κ1) is 11.6. The highest BCUT2D eigenvalue weighted by Gasteiger charge is 2.12. The Balaban J connectivity index is 2.55. The Labute approximate surface area is 106 Å². The molecule has 2 aromatic rings. The molecule has 1 aromatic heterocycles. The summed E-state index contributed by atoms with van der Waals surface area (Å²) < 4.78 is 0.932. The van der Waals surface area contributed by atoms with Gasteiger partial charge in [-0.25, -0.2) is 0 Å². The molecule has 0 aliphatic heterocycles. The van der Waals surface area contributed by atoms with E-state index < -0.39 is 6.04 Å². The highest BCUT2D eigenvalue weighted by molar-refractivity contribution is 9.10. The molecule has 0 unspecified atom stereocenters. The maximum absolute atomic E-state index is 10.4. The first-order valence-electron chi connectivity index (χ1n) is 4.70. The van der Waals surface area contributed by atoms with E-state index in [-0.39, 0.29) is 0 Å². The number of hydrogen-bond acceptors (Lipinski definition) is 2. The number of rotatable bonds is 3. The van der Waals surface area contributed by atoms with Crippen molar-refractivity contribution in [2.45, 2.75) is 12.5 Å². The highest BCUT2D eigenvalue weighted by atomic mass is 79.9. The van der Waals surface area contributed by atoms with Crippen molar-refractivity contribution in [2.75, 3.05) is 0 Å². The van der Waals surface area contributed by atoms with Crippen molar-refractivity contribution in [3.8, 4) is 0 Å². The third-order valence-electron chi connectivity index (χ3n) is 2.41. The molecule has 0 saturated carbocycles. The van der Waals surface area contributed by atoms with Crippen molar-refractivity contribution in [1.29, 1.82) is 0 Å². The maximum atomic E-state index is 10.4. The topological polar surface area (TPSA) is 58.9 Å². The molecule has 83 valence electrons. The molecule has 1 heterocycles. The molecule has 5 heteroatoms. The molecule has 1 radical (unpaired) electrons. The molecule has 3 N–H and O–H groups in total. The van der Waals surface area contributed by atoms with Gasteiger partial charge in [0, 0.05) is 16.1 Å². The zero-order chi connectivity index (χ0) is 11.7. The van der Waals surface area contributed by atoms with E-state index in [0.717, 1.165) is 20.9 Å². The van der Waals surface area contributed by atoms with E-state index in [0.29, 0.717) is 11.4 Å². The van der Waals surface area contributed by atoms with Gasteiger partial charge in [0.25, 0.3) is 0 Å². The number of halogens is 2. The van der Waals surface area contributed by atoms with Gasteiger partial charge in [-0.3, -0.25) is 4.79 Å². The lowest BCUT2D eigenvalue weighted by Crippen LogP contribution is -2.23. The lowest BCUT2D eigenvalue weighted by molar-refractivity contribution is 0.541. The monoisotopic (exact) mass is 299 g/mol. The number of aromatic nitrogens is 1. The van der Waals surface area contributed by atoms with Gasteiger partial charge in [0.05, 0.1) is 16.6 Å². The van der Waals surface area contributed by atoms with Crippen LogP contribution < -0.4 is 5.73 Å². The molecular weight excluding hydrogens is 291 g/mol. The molecule has 0 saturated heterocycles. The van der Waals surface area contributed by atoms with Crippen molar-refractivity contribution in [3.05, 3.63) is 33.4 Å². The van der Waals surface area contributed by atoms with Crippen LogP contribution in [0.1, 0.15) is 5.56 Å². The summed E-state index contributed by atoms with van der Waals surface area (Å²) >= 11 is 9.51. The molecule has 3 nitrogen and oxygen atoms in total. The number of benzene rings is 1. The quantitative estimate of drug-likeness (QED) is 0.915. The Bertz CT molecular complexity index is 538. The van der Waals surface area contributed by atoms with Crippen LogP contribution in [0, 0.1) is 0 Å². The molecule has 1 aromatic carbocycles. The lowest BCUT2D eigenvalue weighted by Gasteiger charge is -2.03. The van der Waals surface area contributed by atoms with Crippen LogP contribution in [0.15, 0.2) is 22.8 Å². The number of nitrogens with two attached hydrogens (primary N) is 1. The first-order chi connectivity index (χ1) is 7.63. The summed E-state index contributed by atoms with van der Waals surface area (Å²) in [5.41, 5.74) is 7.37. The minimum absolute atomic E-state index is 0.447. The first-order valence-corrected chi connectivity index (χ1v) is 5.87. The fourth-order valence-electron chi connectivity index (χ4n) is 1.68. The number of H-pyrrole nitrogens is 1. The van der Waals surface area contributed by atoms with E-state index in [2.05, 4.69) is 20.9 Å². The van der Waals surface area contributed by atoms with Crippen LogP contribution in [0.3, 0.4) is 0 Å². The third-order valence-corrected chi connectivity index (χ3v) is 3.38. The van der Waals surface area contributed by atoms with Crippen molar-refractivity contribution >= 4 is 44.7 Å². The van der Waals surface area contributed by atoms with E-state index >= 15 is 0 Å². The number of hydrogen-bond donors (Lipinski definition) is 2. The summed E-state index contributed by atoms with van der Waals surface area (Å²) in [7, 11) is 0. The van der Waals surface area contributed by atoms with E-state index in [1.54, 1.807) is 12.4 Å². The molecule has 16 heavy (non-hydrogen) atoms. The molecular formula is C11H9BrClN2O. The van der Waals surface area contributed by atoms with Crippen LogP contribution in [0.4, 0.5) is 0 Å². The lowest BCUT2D eigenvalue weighted by atomic mass is 10.1. The fourth-order valence-corrected chi connectivity index (χ4v) is 2.48. The summed E-state index contributed by atoms with van der Waals surface area (Å²) in [4.78, 5) is 13.5. The van der Waals surface area contributed by atoms with Crippen molar-refractivity contribution in [2.24, 2.45) is 5.73 Å². The van der Waals surface area contributed by atoms with Crippen LogP contribution in [-0.2, 0) is 11.2 Å². The fraction of sp³-hybridized carbons (Fsp3) is 0.182. The molecule has 2 rings (SSSR count). The summed E-state index contributed by atoms with van der Waals surface area (Å²) in [5, 5.41) is 1.62. The number of aromatic amines is 1. The second-order valence-corrected chi connectivity index (χ2v) is 4.78. The van der Waals surface area contributed by atoms with Gasteiger partial charge in [-0.1, -0.05) is 27.5 Å². The summed E-state index contributed by atoms with van der Waals surface area (Å²) in [6.07, 6.45) is 4.03. The van der Waals surface area contributed by atoms with Crippen LogP contribution >= 0.6 is 27.5 Å². The van der Waals surface area contributed by atoms with E-state index in [4.69, 9.17) is 17.3 Å². The summed E-state index contributed by atoms with van der Waals surface area (Å²) in [5.74, 6) is 0. The van der Waals surface area contributed by atoms with Gasteiger partial charge in [0.15, 0.2) is 0 Å².